The highest BCUT2D eigenvalue weighted by atomic mass is 16.2. The van der Waals surface area contributed by atoms with Crippen LogP contribution in [-0.4, -0.2) is 26.9 Å². The highest BCUT2D eigenvalue weighted by Crippen LogP contribution is 2.41. The fraction of sp³-hybridized carbons (Fsp3) is 0.545. The first-order chi connectivity index (χ1) is 14.1. The molecule has 1 aliphatic rings. The molecule has 0 aliphatic heterocycles. The van der Waals surface area contributed by atoms with Crippen molar-refractivity contribution in [2.24, 2.45) is 5.41 Å². The number of para-hydroxylation sites is 1. The average Bonchev–Trinajstić information content (AvgIpc) is 3.14. The van der Waals surface area contributed by atoms with E-state index in [4.69, 9.17) is 0 Å². The third-order valence-electron chi connectivity index (χ3n) is 5.52. The molecule has 8 nitrogen and oxygen atoms in total. The molecule has 1 aromatic carbocycles. The molecule has 1 heterocycles. The van der Waals surface area contributed by atoms with E-state index >= 15 is 0 Å². The van der Waals surface area contributed by atoms with Crippen LogP contribution in [0.15, 0.2) is 29.1 Å². The largest absolute Gasteiger partial charge is 0.351 e. The number of carbonyl (C=O) groups is 2. The first kappa shape index (κ1) is 21.8. The van der Waals surface area contributed by atoms with Gasteiger partial charge in [0.25, 0.3) is 5.56 Å². The number of benzene rings is 1. The summed E-state index contributed by atoms with van der Waals surface area (Å²) in [5, 5.41) is 3.48. The third kappa shape index (κ3) is 4.63. The molecule has 3 N–H and O–H groups in total. The van der Waals surface area contributed by atoms with E-state index in [1.165, 1.54) is 4.57 Å². The Morgan fingerprint density at radius 3 is 2.47 bits per heavy atom. The molecule has 0 bridgehead atoms. The number of nitrogens with one attached hydrogen (secondary N) is 3. The van der Waals surface area contributed by atoms with Crippen LogP contribution >= 0.6 is 0 Å². The Bertz CT molecular complexity index is 1000. The zero-order valence-corrected chi connectivity index (χ0v) is 18.2. The van der Waals surface area contributed by atoms with E-state index in [9.17, 15) is 14.4 Å². The Kier molecular flexibility index (Phi) is 6.14. The lowest BCUT2D eigenvalue weighted by molar-refractivity contribution is -0.136. The van der Waals surface area contributed by atoms with Gasteiger partial charge in [0, 0.05) is 18.5 Å². The summed E-state index contributed by atoms with van der Waals surface area (Å²) in [4.78, 5) is 42.9. The number of aromatic nitrogens is 2. The summed E-state index contributed by atoms with van der Waals surface area (Å²) in [6.07, 6.45) is 3.27. The molecular formula is C22H31N5O3. The zero-order valence-electron chi connectivity index (χ0n) is 18.2. The van der Waals surface area contributed by atoms with Crippen molar-refractivity contribution in [2.45, 2.75) is 71.9 Å². The summed E-state index contributed by atoms with van der Waals surface area (Å²) in [6, 6.07) is 7.11. The predicted octanol–water partition coefficient (Wildman–Crippen LogP) is 2.72. The molecule has 0 radical (unpaired) electrons. The van der Waals surface area contributed by atoms with Crippen LogP contribution in [0.4, 0.5) is 5.95 Å². The maximum absolute atomic E-state index is 13.1. The standard InChI is InChI=1S/C22H31N5O3/c1-5-27-18(29)15-10-6-7-11-16(15)23-20(27)26-25-19(30)22(12-8-9-13-22)14-17(28)24-21(2,3)4/h6-7,10-11H,5,8-9,12-14H2,1-4H3,(H,23,26)(H,24,28)(H,25,30). The van der Waals surface area contributed by atoms with Gasteiger partial charge in [-0.3, -0.25) is 29.8 Å². The van der Waals surface area contributed by atoms with Gasteiger partial charge in [-0.25, -0.2) is 4.98 Å². The van der Waals surface area contributed by atoms with Crippen LogP contribution in [0.2, 0.25) is 0 Å². The second-order valence-electron chi connectivity index (χ2n) is 9.04. The van der Waals surface area contributed by atoms with Gasteiger partial charge >= 0.3 is 0 Å². The smallest absolute Gasteiger partial charge is 0.262 e. The number of hydrogen-bond acceptors (Lipinski definition) is 5. The van der Waals surface area contributed by atoms with Crippen LogP contribution in [0.5, 0.6) is 0 Å². The van der Waals surface area contributed by atoms with E-state index in [1.54, 1.807) is 18.2 Å². The zero-order chi connectivity index (χ0) is 21.9. The molecule has 0 unspecified atom stereocenters. The number of fused-ring (bicyclic) bond motifs is 1. The number of rotatable bonds is 6. The van der Waals surface area contributed by atoms with Crippen molar-refractivity contribution >= 4 is 28.7 Å². The summed E-state index contributed by atoms with van der Waals surface area (Å²) in [7, 11) is 0. The summed E-state index contributed by atoms with van der Waals surface area (Å²) < 4.78 is 1.48. The molecule has 30 heavy (non-hydrogen) atoms. The molecule has 0 saturated heterocycles. The van der Waals surface area contributed by atoms with Crippen molar-refractivity contribution in [1.82, 2.24) is 20.3 Å². The highest BCUT2D eigenvalue weighted by molar-refractivity contribution is 5.90. The summed E-state index contributed by atoms with van der Waals surface area (Å²) in [5.74, 6) is -0.0928. The van der Waals surface area contributed by atoms with Gasteiger partial charge in [0.05, 0.1) is 16.3 Å². The Balaban J connectivity index is 1.79. The summed E-state index contributed by atoms with van der Waals surface area (Å²) in [6.45, 7) is 8.02. The van der Waals surface area contributed by atoms with E-state index in [1.807, 2.05) is 33.8 Å². The second kappa shape index (κ2) is 8.45. The third-order valence-corrected chi connectivity index (χ3v) is 5.52. The molecule has 8 heteroatoms. The Hall–Kier alpha value is -2.90. The quantitative estimate of drug-likeness (QED) is 0.632. The number of carbonyl (C=O) groups excluding carboxylic acids is 2. The SMILES string of the molecule is CCn1c(NNC(=O)C2(CC(=O)NC(C)(C)C)CCCC2)nc2ccccc2c1=O. The lowest BCUT2D eigenvalue weighted by atomic mass is 9.81. The van der Waals surface area contributed by atoms with E-state index in [0.717, 1.165) is 12.8 Å². The van der Waals surface area contributed by atoms with Crippen LogP contribution in [0.3, 0.4) is 0 Å². The van der Waals surface area contributed by atoms with Gasteiger partial charge in [-0.2, -0.15) is 0 Å². The van der Waals surface area contributed by atoms with Gasteiger partial charge in [0.15, 0.2) is 0 Å². The summed E-state index contributed by atoms with van der Waals surface area (Å²) in [5.41, 5.74) is 4.86. The molecule has 0 atom stereocenters. The van der Waals surface area contributed by atoms with Crippen molar-refractivity contribution < 1.29 is 9.59 Å². The maximum Gasteiger partial charge on any atom is 0.262 e. The normalized spacial score (nSPS) is 15.7. The minimum absolute atomic E-state index is 0.131. The van der Waals surface area contributed by atoms with E-state index < -0.39 is 5.41 Å². The lowest BCUT2D eigenvalue weighted by Crippen LogP contribution is -2.48. The van der Waals surface area contributed by atoms with Crippen molar-refractivity contribution in [1.29, 1.82) is 0 Å². The van der Waals surface area contributed by atoms with E-state index in [0.29, 0.717) is 30.3 Å². The molecule has 0 spiro atoms. The lowest BCUT2D eigenvalue weighted by Gasteiger charge is -2.29. The van der Waals surface area contributed by atoms with Crippen molar-refractivity contribution in [3.8, 4) is 0 Å². The number of hydrazine groups is 1. The van der Waals surface area contributed by atoms with Crippen LogP contribution < -0.4 is 21.7 Å². The molecule has 162 valence electrons. The molecule has 2 aromatic rings. The van der Waals surface area contributed by atoms with Crippen LogP contribution in [-0.2, 0) is 16.1 Å². The van der Waals surface area contributed by atoms with Gasteiger partial charge in [-0.05, 0) is 52.7 Å². The van der Waals surface area contributed by atoms with Crippen molar-refractivity contribution in [2.75, 3.05) is 5.43 Å². The Labute approximate surface area is 176 Å². The molecule has 3 rings (SSSR count). The van der Waals surface area contributed by atoms with Crippen LogP contribution in [0.1, 0.15) is 59.8 Å². The minimum atomic E-state index is -0.753. The highest BCUT2D eigenvalue weighted by Gasteiger charge is 2.43. The maximum atomic E-state index is 13.1. The van der Waals surface area contributed by atoms with Gasteiger partial charge < -0.3 is 5.32 Å². The molecular weight excluding hydrogens is 382 g/mol. The minimum Gasteiger partial charge on any atom is -0.351 e. The van der Waals surface area contributed by atoms with Gasteiger partial charge in [0.2, 0.25) is 17.8 Å². The van der Waals surface area contributed by atoms with Gasteiger partial charge in [0.1, 0.15) is 0 Å². The molecule has 2 amide bonds. The Morgan fingerprint density at radius 1 is 1.17 bits per heavy atom. The van der Waals surface area contributed by atoms with Gasteiger partial charge in [-0.1, -0.05) is 25.0 Å². The fourth-order valence-corrected chi connectivity index (χ4v) is 4.11. The second-order valence-corrected chi connectivity index (χ2v) is 9.04. The number of hydrogen-bond donors (Lipinski definition) is 3. The predicted molar refractivity (Wildman–Crippen MR) is 117 cm³/mol. The van der Waals surface area contributed by atoms with Crippen molar-refractivity contribution in [3.05, 3.63) is 34.6 Å². The molecule has 1 aromatic heterocycles. The average molecular weight is 414 g/mol. The number of anilines is 1. The van der Waals surface area contributed by atoms with Crippen LogP contribution in [0, 0.1) is 5.41 Å². The van der Waals surface area contributed by atoms with E-state index in [-0.39, 0.29) is 35.3 Å². The fourth-order valence-electron chi connectivity index (χ4n) is 4.11. The molecule has 1 fully saturated rings. The number of amides is 2. The van der Waals surface area contributed by atoms with Gasteiger partial charge in [-0.15, -0.1) is 0 Å². The molecule has 1 saturated carbocycles. The topological polar surface area (TPSA) is 105 Å². The van der Waals surface area contributed by atoms with Crippen molar-refractivity contribution in [3.63, 3.8) is 0 Å². The first-order valence-electron chi connectivity index (χ1n) is 10.5. The Morgan fingerprint density at radius 2 is 1.83 bits per heavy atom. The number of nitrogens with zero attached hydrogens (tertiary/aromatic N) is 2. The van der Waals surface area contributed by atoms with Crippen LogP contribution in [0.25, 0.3) is 10.9 Å². The summed E-state index contributed by atoms with van der Waals surface area (Å²) >= 11 is 0. The molecule has 1 aliphatic carbocycles. The first-order valence-corrected chi connectivity index (χ1v) is 10.5. The van der Waals surface area contributed by atoms with E-state index in [2.05, 4.69) is 21.2 Å². The monoisotopic (exact) mass is 413 g/mol.